The lowest BCUT2D eigenvalue weighted by atomic mass is 10.2. The summed E-state index contributed by atoms with van der Waals surface area (Å²) in [7, 11) is 0. The van der Waals surface area contributed by atoms with Gasteiger partial charge in [-0.05, 0) is 23.7 Å². The number of carboxylic acid groups (broad SMARTS) is 1. The zero-order chi connectivity index (χ0) is 13.8. The van der Waals surface area contributed by atoms with Gasteiger partial charge in [-0.15, -0.1) is 0 Å². The molecule has 0 amide bonds. The van der Waals surface area contributed by atoms with E-state index in [-0.39, 0.29) is 17.0 Å². The van der Waals surface area contributed by atoms with Crippen LogP contribution < -0.4 is 10.4 Å². The molecule has 2 rings (SSSR count). The van der Waals surface area contributed by atoms with Crippen molar-refractivity contribution >= 4 is 22.6 Å². The minimum atomic E-state index is -1.11. The van der Waals surface area contributed by atoms with Gasteiger partial charge in [0.2, 0.25) is 0 Å². The Morgan fingerprint density at radius 2 is 2.26 bits per heavy atom. The van der Waals surface area contributed by atoms with Crippen molar-refractivity contribution in [1.29, 1.82) is 0 Å². The molecule has 0 aliphatic carbocycles. The summed E-state index contributed by atoms with van der Waals surface area (Å²) in [6.07, 6.45) is 0. The van der Waals surface area contributed by atoms with Crippen molar-refractivity contribution in [2.45, 2.75) is 0 Å². The molecule has 0 unspecified atom stereocenters. The molecule has 0 aliphatic heterocycles. The molecule has 1 aromatic carbocycles. The van der Waals surface area contributed by atoms with E-state index in [1.165, 1.54) is 18.2 Å². The Hall–Kier alpha value is -2.99. The van der Waals surface area contributed by atoms with Crippen LogP contribution in [0.15, 0.2) is 38.6 Å². The molecule has 0 atom stereocenters. The second kappa shape index (κ2) is 5.11. The molecule has 0 bridgehead atoms. The molecule has 0 saturated carbocycles. The van der Waals surface area contributed by atoms with E-state index in [2.05, 4.69) is 10.0 Å². The van der Waals surface area contributed by atoms with Crippen molar-refractivity contribution in [3.63, 3.8) is 0 Å². The topological polar surface area (TPSA) is 126 Å². The molecule has 2 aromatic rings. The summed E-state index contributed by atoms with van der Waals surface area (Å²) in [5.41, 5.74) is 7.58. The van der Waals surface area contributed by atoms with Crippen LogP contribution in [0.3, 0.4) is 0 Å². The third-order valence-corrected chi connectivity index (χ3v) is 2.20. The van der Waals surface area contributed by atoms with Crippen molar-refractivity contribution in [3.8, 4) is 5.75 Å². The predicted octanol–water partition coefficient (Wildman–Crippen LogP) is 2.20. The first-order valence-electron chi connectivity index (χ1n) is 5.08. The first-order chi connectivity index (χ1) is 9.10. The molecule has 1 aromatic heterocycles. The van der Waals surface area contributed by atoms with Gasteiger partial charge in [0, 0.05) is 16.4 Å². The number of aliphatic carboxylic acids is 1. The highest BCUT2D eigenvalue weighted by atomic mass is 16.5. The minimum Gasteiger partial charge on any atom is -0.482 e. The fraction of sp³-hybridized carbons (Fsp3) is 0.0909. The maximum absolute atomic E-state index is 11.4. The lowest BCUT2D eigenvalue weighted by Crippen LogP contribution is -2.09. The van der Waals surface area contributed by atoms with Crippen molar-refractivity contribution in [1.82, 2.24) is 0 Å². The summed E-state index contributed by atoms with van der Waals surface area (Å²) in [4.78, 5) is 24.3. The molecule has 0 spiro atoms. The Bertz CT molecular complexity index is 746. The van der Waals surface area contributed by atoms with Gasteiger partial charge in [-0.2, -0.15) is 0 Å². The Kier molecular flexibility index (Phi) is 3.35. The molecule has 0 radical (unpaired) electrons. The Morgan fingerprint density at radius 1 is 1.47 bits per heavy atom. The fourth-order valence-electron chi connectivity index (χ4n) is 1.43. The summed E-state index contributed by atoms with van der Waals surface area (Å²) in [6, 6.07) is 5.85. The Morgan fingerprint density at radius 3 is 2.95 bits per heavy atom. The number of carboxylic acids is 1. The van der Waals surface area contributed by atoms with E-state index in [9.17, 15) is 9.59 Å². The zero-order valence-corrected chi connectivity index (χ0v) is 9.44. The van der Waals surface area contributed by atoms with E-state index in [1.54, 1.807) is 6.07 Å². The number of benzene rings is 1. The van der Waals surface area contributed by atoms with E-state index in [4.69, 9.17) is 19.8 Å². The Labute approximate surface area is 105 Å². The van der Waals surface area contributed by atoms with E-state index in [0.29, 0.717) is 5.39 Å². The number of hydrogen-bond donors (Lipinski definition) is 1. The van der Waals surface area contributed by atoms with E-state index in [1.807, 2.05) is 0 Å². The maximum atomic E-state index is 11.4. The fourth-order valence-corrected chi connectivity index (χ4v) is 1.43. The number of rotatable bonds is 4. The van der Waals surface area contributed by atoms with Crippen LogP contribution in [-0.2, 0) is 4.79 Å². The first-order valence-corrected chi connectivity index (χ1v) is 5.08. The van der Waals surface area contributed by atoms with Crippen LogP contribution in [0.2, 0.25) is 0 Å². The van der Waals surface area contributed by atoms with Crippen molar-refractivity contribution in [2.75, 3.05) is 6.61 Å². The summed E-state index contributed by atoms with van der Waals surface area (Å²) in [5, 5.41) is 12.2. The van der Waals surface area contributed by atoms with Crippen LogP contribution in [-0.4, -0.2) is 17.7 Å². The molecule has 19 heavy (non-hydrogen) atoms. The third-order valence-electron chi connectivity index (χ3n) is 2.20. The van der Waals surface area contributed by atoms with Crippen molar-refractivity contribution in [3.05, 3.63) is 45.1 Å². The van der Waals surface area contributed by atoms with Crippen LogP contribution in [0, 0.1) is 0 Å². The molecular weight excluding hydrogens is 254 g/mol. The molecule has 0 saturated heterocycles. The number of carbonyl (C=O) groups is 1. The van der Waals surface area contributed by atoms with Gasteiger partial charge >= 0.3 is 11.6 Å². The van der Waals surface area contributed by atoms with Gasteiger partial charge in [0.25, 0.3) is 0 Å². The van der Waals surface area contributed by atoms with Gasteiger partial charge in [0.05, 0.1) is 0 Å². The molecule has 1 N–H and O–H groups in total. The number of azide groups is 1. The molecule has 8 nitrogen and oxygen atoms in total. The predicted molar refractivity (Wildman–Crippen MR) is 64.4 cm³/mol. The average Bonchev–Trinajstić information content (AvgIpc) is 2.37. The highest BCUT2D eigenvalue weighted by molar-refractivity contribution is 5.80. The summed E-state index contributed by atoms with van der Waals surface area (Å²) >= 11 is 0. The summed E-state index contributed by atoms with van der Waals surface area (Å²) < 4.78 is 9.89. The van der Waals surface area contributed by atoms with Crippen LogP contribution in [0.5, 0.6) is 5.75 Å². The number of hydrogen-bond acceptors (Lipinski definition) is 5. The van der Waals surface area contributed by atoms with Crippen molar-refractivity contribution < 1.29 is 19.1 Å². The highest BCUT2D eigenvalue weighted by Crippen LogP contribution is 2.22. The van der Waals surface area contributed by atoms with E-state index in [0.717, 1.165) is 0 Å². The molecular formula is C11H7N3O5. The molecule has 1 heterocycles. The quantitative estimate of drug-likeness (QED) is 0.390. The van der Waals surface area contributed by atoms with Gasteiger partial charge in [0.1, 0.15) is 17.0 Å². The summed E-state index contributed by atoms with van der Waals surface area (Å²) in [5.74, 6) is -0.852. The number of nitrogens with zero attached hydrogens (tertiary/aromatic N) is 3. The van der Waals surface area contributed by atoms with Crippen molar-refractivity contribution in [2.24, 2.45) is 5.11 Å². The van der Waals surface area contributed by atoms with E-state index >= 15 is 0 Å². The van der Waals surface area contributed by atoms with Gasteiger partial charge in [-0.25, -0.2) is 9.59 Å². The van der Waals surface area contributed by atoms with Gasteiger partial charge in [-0.1, -0.05) is 5.11 Å². The Balaban J connectivity index is 2.44. The summed E-state index contributed by atoms with van der Waals surface area (Å²) in [6.45, 7) is -0.494. The average molecular weight is 261 g/mol. The van der Waals surface area contributed by atoms with Crippen LogP contribution in [0.4, 0.5) is 5.69 Å². The molecule has 0 aliphatic rings. The normalized spacial score (nSPS) is 9.89. The van der Waals surface area contributed by atoms with Crippen LogP contribution >= 0.6 is 0 Å². The van der Waals surface area contributed by atoms with Crippen LogP contribution in [0.1, 0.15) is 0 Å². The van der Waals surface area contributed by atoms with Gasteiger partial charge < -0.3 is 14.3 Å². The second-order valence-corrected chi connectivity index (χ2v) is 3.49. The lowest BCUT2D eigenvalue weighted by Gasteiger charge is -2.04. The SMILES string of the molecule is [N-]=[N+]=Nc1cc2ccc(OCC(=O)O)cc2oc1=O. The molecule has 0 fully saturated rings. The first kappa shape index (κ1) is 12.5. The minimum absolute atomic E-state index is 0.144. The van der Waals surface area contributed by atoms with Gasteiger partial charge in [0.15, 0.2) is 6.61 Å². The molecule has 96 valence electrons. The number of ether oxygens (including phenoxy) is 1. The largest absolute Gasteiger partial charge is 0.482 e. The third kappa shape index (κ3) is 2.82. The monoisotopic (exact) mass is 261 g/mol. The number of fused-ring (bicyclic) bond motifs is 1. The standard InChI is InChI=1S/C11H7N3O5/c12-14-13-8-3-6-1-2-7(18-5-10(15)16)4-9(6)19-11(8)17/h1-4H,5H2,(H,15,16). The second-order valence-electron chi connectivity index (χ2n) is 3.49. The van der Waals surface area contributed by atoms with Crippen LogP contribution in [0.25, 0.3) is 21.4 Å². The maximum Gasteiger partial charge on any atom is 0.345 e. The van der Waals surface area contributed by atoms with Gasteiger partial charge in [-0.3, -0.25) is 0 Å². The smallest absolute Gasteiger partial charge is 0.345 e. The lowest BCUT2D eigenvalue weighted by molar-refractivity contribution is -0.139. The zero-order valence-electron chi connectivity index (χ0n) is 9.44. The molecule has 8 heteroatoms. The van der Waals surface area contributed by atoms with E-state index < -0.39 is 18.2 Å². The highest BCUT2D eigenvalue weighted by Gasteiger charge is 2.06.